The third-order valence-electron chi connectivity index (χ3n) is 4.18. The molecule has 0 saturated heterocycles. The Labute approximate surface area is 131 Å². The molecular weight excluding hydrogens is 278 g/mol. The average molecular weight is 303 g/mol. The number of nitrogens with zero attached hydrogens (tertiary/aromatic N) is 2. The van der Waals surface area contributed by atoms with E-state index < -0.39 is 0 Å². The molecule has 1 unspecified atom stereocenters. The Kier molecular flexibility index (Phi) is 4.76. The first-order valence-corrected chi connectivity index (χ1v) is 8.91. The van der Waals surface area contributed by atoms with Crippen molar-refractivity contribution in [1.29, 1.82) is 0 Å². The lowest BCUT2D eigenvalue weighted by molar-refractivity contribution is 0.528. The number of rotatable bonds is 6. The maximum Gasteiger partial charge on any atom is 0.0643 e. The highest BCUT2D eigenvalue weighted by atomic mass is 32.1. The molecule has 0 aromatic carbocycles. The van der Waals surface area contributed by atoms with Crippen molar-refractivity contribution in [1.82, 2.24) is 15.1 Å². The average Bonchev–Trinajstić information content (AvgIpc) is 3.09. The molecule has 0 amide bonds. The number of fused-ring (bicyclic) bond motifs is 1. The van der Waals surface area contributed by atoms with Crippen molar-refractivity contribution in [2.24, 2.45) is 7.05 Å². The van der Waals surface area contributed by atoms with Gasteiger partial charge in [-0.25, -0.2) is 0 Å². The Bertz CT molecular complexity index is 561. The summed E-state index contributed by atoms with van der Waals surface area (Å²) in [6.45, 7) is 3.30. The van der Waals surface area contributed by atoms with Gasteiger partial charge in [0, 0.05) is 35.5 Å². The number of hydrogen-bond donors (Lipinski definition) is 1. The molecule has 4 heteroatoms. The minimum absolute atomic E-state index is 0.412. The maximum atomic E-state index is 4.55. The van der Waals surface area contributed by atoms with Crippen molar-refractivity contribution in [2.75, 3.05) is 6.54 Å². The molecule has 2 heterocycles. The summed E-state index contributed by atoms with van der Waals surface area (Å²) >= 11 is 2.02. The van der Waals surface area contributed by atoms with Gasteiger partial charge in [0.1, 0.15) is 0 Å². The van der Waals surface area contributed by atoms with Gasteiger partial charge in [-0.05, 0) is 56.3 Å². The van der Waals surface area contributed by atoms with Crippen molar-refractivity contribution in [3.05, 3.63) is 39.3 Å². The lowest BCUT2D eigenvalue weighted by Crippen LogP contribution is -2.23. The molecule has 1 N–H and O–H groups in total. The highest BCUT2D eigenvalue weighted by Gasteiger charge is 2.19. The third kappa shape index (κ3) is 3.55. The number of aryl methyl sites for hydroxylation is 3. The highest BCUT2D eigenvalue weighted by Crippen LogP contribution is 2.34. The predicted octanol–water partition coefficient (Wildman–Crippen LogP) is 3.64. The molecule has 0 radical (unpaired) electrons. The number of hydrogen-bond acceptors (Lipinski definition) is 3. The van der Waals surface area contributed by atoms with E-state index in [1.54, 1.807) is 10.4 Å². The third-order valence-corrected chi connectivity index (χ3v) is 5.53. The topological polar surface area (TPSA) is 29.9 Å². The summed E-state index contributed by atoms with van der Waals surface area (Å²) in [6, 6.07) is 5.00. The van der Waals surface area contributed by atoms with E-state index in [2.05, 4.69) is 29.5 Å². The Morgan fingerprint density at radius 2 is 2.24 bits per heavy atom. The molecule has 114 valence electrons. The van der Waals surface area contributed by atoms with Crippen molar-refractivity contribution >= 4 is 11.3 Å². The van der Waals surface area contributed by atoms with Gasteiger partial charge < -0.3 is 5.32 Å². The second-order valence-corrected chi connectivity index (χ2v) is 7.16. The summed E-state index contributed by atoms with van der Waals surface area (Å²) in [6.07, 6.45) is 9.46. The van der Waals surface area contributed by atoms with Gasteiger partial charge in [0.25, 0.3) is 0 Å². The number of thiophene rings is 1. The fourth-order valence-corrected chi connectivity index (χ4v) is 4.39. The van der Waals surface area contributed by atoms with Crippen molar-refractivity contribution < 1.29 is 0 Å². The molecule has 0 saturated carbocycles. The van der Waals surface area contributed by atoms with Gasteiger partial charge in [-0.2, -0.15) is 5.10 Å². The zero-order valence-corrected chi connectivity index (χ0v) is 13.9. The number of aromatic nitrogens is 2. The van der Waals surface area contributed by atoms with Gasteiger partial charge >= 0.3 is 0 Å². The molecular formula is C17H25N3S. The van der Waals surface area contributed by atoms with Crippen LogP contribution in [0.15, 0.2) is 18.3 Å². The van der Waals surface area contributed by atoms with E-state index in [0.29, 0.717) is 6.04 Å². The Hall–Kier alpha value is -1.13. The minimum Gasteiger partial charge on any atom is -0.309 e. The summed E-state index contributed by atoms with van der Waals surface area (Å²) < 4.78 is 1.89. The first-order chi connectivity index (χ1) is 10.3. The van der Waals surface area contributed by atoms with Crippen LogP contribution < -0.4 is 5.32 Å². The Morgan fingerprint density at radius 1 is 1.38 bits per heavy atom. The molecule has 3 nitrogen and oxygen atoms in total. The van der Waals surface area contributed by atoms with Crippen LogP contribution in [0.4, 0.5) is 0 Å². The summed E-state index contributed by atoms with van der Waals surface area (Å²) in [4.78, 5) is 3.13. The maximum absolute atomic E-state index is 4.55. The van der Waals surface area contributed by atoms with Gasteiger partial charge in [-0.1, -0.05) is 6.92 Å². The van der Waals surface area contributed by atoms with Crippen LogP contribution in [0.5, 0.6) is 0 Å². The molecule has 1 aliphatic carbocycles. The molecule has 0 bridgehead atoms. The lowest BCUT2D eigenvalue weighted by Gasteiger charge is -2.16. The predicted molar refractivity (Wildman–Crippen MR) is 88.9 cm³/mol. The zero-order valence-electron chi connectivity index (χ0n) is 13.1. The summed E-state index contributed by atoms with van der Waals surface area (Å²) in [5.74, 6) is 0. The molecule has 0 aliphatic heterocycles. The first kappa shape index (κ1) is 14.8. The van der Waals surface area contributed by atoms with E-state index in [9.17, 15) is 0 Å². The smallest absolute Gasteiger partial charge is 0.0643 e. The van der Waals surface area contributed by atoms with Gasteiger partial charge in [0.15, 0.2) is 0 Å². The normalized spacial score (nSPS) is 15.9. The molecule has 1 aliphatic rings. The van der Waals surface area contributed by atoms with E-state index in [4.69, 9.17) is 0 Å². The molecule has 2 aromatic rings. The van der Waals surface area contributed by atoms with Crippen LogP contribution in [-0.4, -0.2) is 16.3 Å². The Morgan fingerprint density at radius 3 is 2.95 bits per heavy atom. The van der Waals surface area contributed by atoms with Crippen LogP contribution in [0.1, 0.15) is 53.2 Å². The van der Waals surface area contributed by atoms with E-state index in [1.807, 2.05) is 29.3 Å². The molecule has 21 heavy (non-hydrogen) atoms. The summed E-state index contributed by atoms with van der Waals surface area (Å²) in [5, 5.41) is 8.26. The molecule has 0 fully saturated rings. The van der Waals surface area contributed by atoms with Gasteiger partial charge in [0.05, 0.1) is 5.69 Å². The quantitative estimate of drug-likeness (QED) is 0.883. The van der Waals surface area contributed by atoms with Crippen LogP contribution in [-0.2, 0) is 26.3 Å². The second-order valence-electron chi connectivity index (χ2n) is 6.00. The van der Waals surface area contributed by atoms with E-state index in [0.717, 1.165) is 13.0 Å². The van der Waals surface area contributed by atoms with Crippen LogP contribution in [0, 0.1) is 0 Å². The van der Waals surface area contributed by atoms with Crippen LogP contribution >= 0.6 is 11.3 Å². The Balaban J connectivity index is 1.79. The van der Waals surface area contributed by atoms with Crippen molar-refractivity contribution in [2.45, 2.75) is 51.5 Å². The fraction of sp³-hybridized carbons (Fsp3) is 0.588. The molecule has 3 rings (SSSR count). The van der Waals surface area contributed by atoms with Crippen LogP contribution in [0.2, 0.25) is 0 Å². The second kappa shape index (κ2) is 6.75. The van der Waals surface area contributed by atoms with Gasteiger partial charge in [0.2, 0.25) is 0 Å². The van der Waals surface area contributed by atoms with Gasteiger partial charge in [-0.3, -0.25) is 4.68 Å². The van der Waals surface area contributed by atoms with E-state index in [1.165, 1.54) is 42.7 Å². The summed E-state index contributed by atoms with van der Waals surface area (Å²) in [5.41, 5.74) is 2.78. The molecule has 1 atom stereocenters. The largest absolute Gasteiger partial charge is 0.309 e. The van der Waals surface area contributed by atoms with Crippen LogP contribution in [0.3, 0.4) is 0 Å². The number of nitrogens with one attached hydrogen (secondary N) is 1. The summed E-state index contributed by atoms with van der Waals surface area (Å²) in [7, 11) is 1.99. The molecule has 0 spiro atoms. The SMILES string of the molecule is CCCNC(Cc1ccn(C)n1)c1cc2c(s1)CCCC2. The van der Waals surface area contributed by atoms with Crippen molar-refractivity contribution in [3.63, 3.8) is 0 Å². The first-order valence-electron chi connectivity index (χ1n) is 8.09. The van der Waals surface area contributed by atoms with E-state index >= 15 is 0 Å². The standard InChI is InChI=1S/C17H25N3S/c1-3-9-18-15(12-14-8-10-20(2)19-14)17-11-13-6-4-5-7-16(13)21-17/h8,10-11,15,18H,3-7,9,12H2,1-2H3. The highest BCUT2D eigenvalue weighted by molar-refractivity contribution is 7.12. The lowest BCUT2D eigenvalue weighted by atomic mass is 9.98. The van der Waals surface area contributed by atoms with Crippen molar-refractivity contribution in [3.8, 4) is 0 Å². The zero-order chi connectivity index (χ0) is 14.7. The molecule has 2 aromatic heterocycles. The van der Waals surface area contributed by atoms with Crippen LogP contribution in [0.25, 0.3) is 0 Å². The fourth-order valence-electron chi connectivity index (χ4n) is 3.06. The monoisotopic (exact) mass is 303 g/mol. The minimum atomic E-state index is 0.412. The van der Waals surface area contributed by atoms with Gasteiger partial charge in [-0.15, -0.1) is 11.3 Å². The van der Waals surface area contributed by atoms with E-state index in [-0.39, 0.29) is 0 Å².